The fourth-order valence-electron chi connectivity index (χ4n) is 2.99. The van der Waals surface area contributed by atoms with E-state index in [0.29, 0.717) is 18.3 Å². The van der Waals surface area contributed by atoms with Gasteiger partial charge < -0.3 is 14.1 Å². The predicted molar refractivity (Wildman–Crippen MR) is 89.7 cm³/mol. The third-order valence-corrected chi connectivity index (χ3v) is 4.35. The van der Waals surface area contributed by atoms with Crippen molar-refractivity contribution in [2.45, 2.75) is 32.6 Å². The van der Waals surface area contributed by atoms with Crippen LogP contribution in [0.2, 0.25) is 0 Å². The second kappa shape index (κ2) is 7.03. The van der Waals surface area contributed by atoms with Crippen LogP contribution >= 0.6 is 0 Å². The summed E-state index contributed by atoms with van der Waals surface area (Å²) in [7, 11) is 1.63. The summed E-state index contributed by atoms with van der Waals surface area (Å²) >= 11 is 0. The molecule has 1 saturated heterocycles. The molecule has 3 rings (SSSR count). The number of hydrogen-bond donors (Lipinski definition) is 0. The quantitative estimate of drug-likeness (QED) is 0.862. The van der Waals surface area contributed by atoms with E-state index in [0.717, 1.165) is 30.7 Å². The minimum absolute atomic E-state index is 0.0151. The standard InChI is InChI=1S/C18H23N3O3/c1-12(2)18(22)21-10-4-5-14(11-21)17-20-19-16(24-17)13-6-8-15(23-3)9-7-13/h6-9,12,14H,4-5,10-11H2,1-3H3. The van der Waals surface area contributed by atoms with Gasteiger partial charge in [0.15, 0.2) is 0 Å². The van der Waals surface area contributed by atoms with Crippen molar-refractivity contribution in [1.82, 2.24) is 15.1 Å². The number of benzene rings is 1. The zero-order valence-corrected chi connectivity index (χ0v) is 14.4. The maximum absolute atomic E-state index is 12.2. The smallest absolute Gasteiger partial charge is 0.247 e. The number of ether oxygens (including phenoxy) is 1. The fourth-order valence-corrected chi connectivity index (χ4v) is 2.99. The largest absolute Gasteiger partial charge is 0.497 e. The molecule has 0 N–H and O–H groups in total. The lowest BCUT2D eigenvalue weighted by atomic mass is 9.97. The molecule has 1 aromatic carbocycles. The van der Waals surface area contributed by atoms with Gasteiger partial charge in [-0.25, -0.2) is 0 Å². The van der Waals surface area contributed by atoms with Gasteiger partial charge in [-0.05, 0) is 37.1 Å². The van der Waals surface area contributed by atoms with Gasteiger partial charge in [0.1, 0.15) is 5.75 Å². The van der Waals surface area contributed by atoms with Crippen LogP contribution in [0, 0.1) is 5.92 Å². The molecule has 6 heteroatoms. The van der Waals surface area contributed by atoms with Crippen LogP contribution in [-0.4, -0.2) is 41.2 Å². The van der Waals surface area contributed by atoms with Crippen molar-refractivity contribution in [1.29, 1.82) is 0 Å². The average Bonchev–Trinajstić information content (AvgIpc) is 3.11. The zero-order chi connectivity index (χ0) is 17.1. The Morgan fingerprint density at radius 2 is 2.04 bits per heavy atom. The molecule has 2 heterocycles. The van der Waals surface area contributed by atoms with Crippen LogP contribution < -0.4 is 4.74 Å². The second-order valence-corrected chi connectivity index (χ2v) is 6.45. The molecular weight excluding hydrogens is 306 g/mol. The molecule has 1 unspecified atom stereocenters. The van der Waals surface area contributed by atoms with Crippen molar-refractivity contribution in [3.8, 4) is 17.2 Å². The number of likely N-dealkylation sites (tertiary alicyclic amines) is 1. The van der Waals surface area contributed by atoms with E-state index in [-0.39, 0.29) is 17.7 Å². The molecule has 1 atom stereocenters. The van der Waals surface area contributed by atoms with E-state index in [1.807, 2.05) is 43.0 Å². The lowest BCUT2D eigenvalue weighted by Gasteiger charge is -2.32. The highest BCUT2D eigenvalue weighted by Crippen LogP contribution is 2.29. The Morgan fingerprint density at radius 1 is 1.29 bits per heavy atom. The first-order valence-electron chi connectivity index (χ1n) is 8.35. The van der Waals surface area contributed by atoms with Gasteiger partial charge in [-0.1, -0.05) is 13.8 Å². The molecule has 1 amide bonds. The first-order valence-corrected chi connectivity index (χ1v) is 8.35. The second-order valence-electron chi connectivity index (χ2n) is 6.45. The molecule has 1 aromatic heterocycles. The van der Waals surface area contributed by atoms with Gasteiger partial charge in [0, 0.05) is 24.6 Å². The number of amides is 1. The summed E-state index contributed by atoms with van der Waals surface area (Å²) in [6.07, 6.45) is 1.93. The average molecular weight is 329 g/mol. The van der Waals surface area contributed by atoms with E-state index < -0.39 is 0 Å². The van der Waals surface area contributed by atoms with Gasteiger partial charge >= 0.3 is 0 Å². The number of aromatic nitrogens is 2. The first kappa shape index (κ1) is 16.5. The van der Waals surface area contributed by atoms with E-state index in [1.54, 1.807) is 7.11 Å². The third kappa shape index (κ3) is 3.42. The topological polar surface area (TPSA) is 68.5 Å². The molecule has 1 aliphatic heterocycles. The van der Waals surface area contributed by atoms with Crippen molar-refractivity contribution < 1.29 is 13.9 Å². The van der Waals surface area contributed by atoms with Crippen LogP contribution in [0.15, 0.2) is 28.7 Å². The maximum Gasteiger partial charge on any atom is 0.247 e. The van der Waals surface area contributed by atoms with Crippen LogP contribution in [0.25, 0.3) is 11.5 Å². The summed E-state index contributed by atoms with van der Waals surface area (Å²) in [5, 5.41) is 8.37. The normalized spacial score (nSPS) is 18.0. The van der Waals surface area contributed by atoms with Crippen molar-refractivity contribution in [2.75, 3.05) is 20.2 Å². The van der Waals surface area contributed by atoms with E-state index >= 15 is 0 Å². The third-order valence-electron chi connectivity index (χ3n) is 4.35. The lowest BCUT2D eigenvalue weighted by Crippen LogP contribution is -2.41. The maximum atomic E-state index is 12.2. The first-order chi connectivity index (χ1) is 11.6. The highest BCUT2D eigenvalue weighted by Gasteiger charge is 2.29. The molecule has 1 aliphatic rings. The van der Waals surface area contributed by atoms with Gasteiger partial charge in [0.05, 0.1) is 13.0 Å². The molecule has 128 valence electrons. The van der Waals surface area contributed by atoms with Gasteiger partial charge in [-0.3, -0.25) is 4.79 Å². The van der Waals surface area contributed by atoms with Crippen LogP contribution in [0.1, 0.15) is 38.5 Å². The Labute approximate surface area is 141 Å². The molecule has 0 aliphatic carbocycles. The Hall–Kier alpha value is -2.37. The molecule has 0 saturated carbocycles. The molecule has 0 spiro atoms. The summed E-state index contributed by atoms with van der Waals surface area (Å²) in [5.41, 5.74) is 0.862. The van der Waals surface area contributed by atoms with E-state index in [4.69, 9.17) is 9.15 Å². The number of methoxy groups -OCH3 is 1. The van der Waals surface area contributed by atoms with E-state index in [2.05, 4.69) is 10.2 Å². The van der Waals surface area contributed by atoms with Crippen molar-refractivity contribution in [3.05, 3.63) is 30.2 Å². The summed E-state index contributed by atoms with van der Waals surface area (Å²) in [6, 6.07) is 7.52. The van der Waals surface area contributed by atoms with Crippen LogP contribution in [0.5, 0.6) is 5.75 Å². The molecule has 24 heavy (non-hydrogen) atoms. The van der Waals surface area contributed by atoms with Gasteiger partial charge in [-0.2, -0.15) is 0 Å². The van der Waals surface area contributed by atoms with Gasteiger partial charge in [0.2, 0.25) is 17.7 Å². The molecule has 1 fully saturated rings. The van der Waals surface area contributed by atoms with Crippen LogP contribution in [0.3, 0.4) is 0 Å². The Balaban J connectivity index is 1.73. The summed E-state index contributed by atoms with van der Waals surface area (Å²) in [4.78, 5) is 14.1. The van der Waals surface area contributed by atoms with Crippen LogP contribution in [0.4, 0.5) is 0 Å². The van der Waals surface area contributed by atoms with Crippen LogP contribution in [-0.2, 0) is 4.79 Å². The van der Waals surface area contributed by atoms with Crippen molar-refractivity contribution in [3.63, 3.8) is 0 Å². The number of rotatable bonds is 4. The van der Waals surface area contributed by atoms with Crippen molar-refractivity contribution >= 4 is 5.91 Å². The Morgan fingerprint density at radius 3 is 2.71 bits per heavy atom. The molecule has 0 radical (unpaired) electrons. The Kier molecular flexibility index (Phi) is 4.83. The number of piperidine rings is 1. The SMILES string of the molecule is COc1ccc(-c2nnc(C3CCCN(C(=O)C(C)C)C3)o2)cc1. The summed E-state index contributed by atoms with van der Waals surface area (Å²) in [6.45, 7) is 5.33. The molecule has 0 bridgehead atoms. The van der Waals surface area contributed by atoms with E-state index in [1.165, 1.54) is 0 Å². The zero-order valence-electron chi connectivity index (χ0n) is 14.4. The van der Waals surface area contributed by atoms with Gasteiger partial charge in [-0.15, -0.1) is 10.2 Å². The highest BCUT2D eigenvalue weighted by atomic mass is 16.5. The lowest BCUT2D eigenvalue weighted by molar-refractivity contribution is -0.135. The number of hydrogen-bond acceptors (Lipinski definition) is 5. The van der Waals surface area contributed by atoms with E-state index in [9.17, 15) is 4.79 Å². The monoisotopic (exact) mass is 329 g/mol. The Bertz CT molecular complexity index is 694. The highest BCUT2D eigenvalue weighted by molar-refractivity contribution is 5.78. The molecule has 2 aromatic rings. The van der Waals surface area contributed by atoms with Crippen molar-refractivity contribution in [2.24, 2.45) is 5.92 Å². The summed E-state index contributed by atoms with van der Waals surface area (Å²) < 4.78 is 11.0. The molecule has 6 nitrogen and oxygen atoms in total. The van der Waals surface area contributed by atoms with Gasteiger partial charge in [0.25, 0.3) is 0 Å². The minimum Gasteiger partial charge on any atom is -0.497 e. The molecular formula is C18H23N3O3. The predicted octanol–water partition coefficient (Wildman–Crippen LogP) is 3.11. The fraction of sp³-hybridized carbons (Fsp3) is 0.500. The number of nitrogens with zero attached hydrogens (tertiary/aromatic N) is 3. The minimum atomic E-state index is 0.0151. The summed E-state index contributed by atoms with van der Waals surface area (Å²) in [5.74, 6) is 2.22. The number of carbonyl (C=O) groups is 1. The number of carbonyl (C=O) groups excluding carboxylic acids is 1.